The second-order valence-corrected chi connectivity index (χ2v) is 14.1. The van der Waals surface area contributed by atoms with E-state index in [9.17, 15) is 14.0 Å². The highest BCUT2D eigenvalue weighted by Gasteiger charge is 2.40. The van der Waals surface area contributed by atoms with E-state index < -0.39 is 11.5 Å². The second kappa shape index (κ2) is 17.4. The van der Waals surface area contributed by atoms with Crippen LogP contribution < -0.4 is 10.1 Å². The molecule has 0 atom stereocenters. The maximum Gasteiger partial charge on any atom is 0.306 e. The van der Waals surface area contributed by atoms with Crippen molar-refractivity contribution in [3.05, 3.63) is 193 Å². The van der Waals surface area contributed by atoms with Gasteiger partial charge in [0.2, 0.25) is 5.91 Å². The Kier molecular flexibility index (Phi) is 11.4. The lowest BCUT2D eigenvalue weighted by atomic mass is 9.77. The quantitative estimate of drug-likeness (QED) is 0.0632. The van der Waals surface area contributed by atoms with Gasteiger partial charge in [0.05, 0.1) is 32.0 Å². The van der Waals surface area contributed by atoms with E-state index in [-0.39, 0.29) is 24.6 Å². The Morgan fingerprint density at radius 2 is 1.29 bits per heavy atom. The topological polar surface area (TPSA) is 99.8 Å². The fourth-order valence-electron chi connectivity index (χ4n) is 7.48. The Morgan fingerprint density at radius 1 is 0.695 bits per heavy atom. The highest BCUT2D eigenvalue weighted by Crippen LogP contribution is 2.43. The number of hydrogen-bond donors (Lipinski definition) is 1. The number of carbonyl (C=O) groups excluding carboxylic acids is 2. The van der Waals surface area contributed by atoms with Gasteiger partial charge >= 0.3 is 5.97 Å². The summed E-state index contributed by atoms with van der Waals surface area (Å²) in [7, 11) is 1.30. The minimum Gasteiger partial charge on any atom is -0.494 e. The molecule has 59 heavy (non-hydrogen) atoms. The van der Waals surface area contributed by atoms with Crippen molar-refractivity contribution >= 4 is 17.5 Å². The highest BCUT2D eigenvalue weighted by atomic mass is 19.1. The summed E-state index contributed by atoms with van der Waals surface area (Å²) in [6, 6.07) is 49.5. The Labute approximate surface area is 341 Å². The van der Waals surface area contributed by atoms with Crippen LogP contribution in [-0.4, -0.2) is 51.3 Å². The average molecular weight is 784 g/mol. The van der Waals surface area contributed by atoms with E-state index in [2.05, 4.69) is 104 Å². The van der Waals surface area contributed by atoms with E-state index >= 15 is 0 Å². The van der Waals surface area contributed by atoms with Crippen LogP contribution in [0.1, 0.15) is 36.0 Å². The number of hydrogen-bond acceptors (Lipinski definition) is 6. The summed E-state index contributed by atoms with van der Waals surface area (Å²) in [5.41, 5.74) is 8.15. The van der Waals surface area contributed by atoms with Crippen molar-refractivity contribution < 1.29 is 23.5 Å². The number of amides is 1. The second-order valence-electron chi connectivity index (χ2n) is 14.1. The number of benzene rings is 5. The minimum absolute atomic E-state index is 0.0552. The summed E-state index contributed by atoms with van der Waals surface area (Å²) < 4.78 is 29.0. The predicted molar refractivity (Wildman–Crippen MR) is 226 cm³/mol. The number of nitrogens with one attached hydrogen (secondary N) is 1. The first-order chi connectivity index (χ1) is 28.9. The molecule has 1 amide bonds. The van der Waals surface area contributed by atoms with Crippen molar-refractivity contribution in [2.45, 2.75) is 24.8 Å². The molecular weight excluding hydrogens is 742 g/mol. The summed E-state index contributed by atoms with van der Waals surface area (Å²) in [6.45, 7) is 0.857. The molecule has 5 aromatic carbocycles. The number of imidazole rings is 1. The molecule has 0 aliphatic carbocycles. The van der Waals surface area contributed by atoms with Crippen LogP contribution in [0.2, 0.25) is 0 Å². The van der Waals surface area contributed by atoms with Gasteiger partial charge in [-0.3, -0.25) is 18.7 Å². The molecule has 0 unspecified atom stereocenters. The zero-order chi connectivity index (χ0) is 40.6. The maximum absolute atomic E-state index is 14.4. The lowest BCUT2D eigenvalue weighted by molar-refractivity contribution is -0.142. The number of carbonyl (C=O) groups is 2. The van der Waals surface area contributed by atoms with Gasteiger partial charge < -0.3 is 14.8 Å². The molecule has 3 aromatic heterocycles. The van der Waals surface area contributed by atoms with Crippen LogP contribution >= 0.6 is 0 Å². The predicted octanol–water partition coefficient (Wildman–Crippen LogP) is 9.35. The van der Waals surface area contributed by atoms with Crippen molar-refractivity contribution in [2.24, 2.45) is 0 Å². The van der Waals surface area contributed by atoms with E-state index in [0.717, 1.165) is 50.3 Å². The first kappa shape index (κ1) is 38.5. The normalized spacial score (nSPS) is 11.4. The van der Waals surface area contributed by atoms with Gasteiger partial charge in [-0.2, -0.15) is 5.10 Å². The number of halogens is 1. The zero-order valence-electron chi connectivity index (χ0n) is 32.5. The van der Waals surface area contributed by atoms with Gasteiger partial charge in [0, 0.05) is 47.6 Å². The molecule has 9 nitrogen and oxygen atoms in total. The smallest absolute Gasteiger partial charge is 0.306 e. The van der Waals surface area contributed by atoms with E-state index in [0.29, 0.717) is 31.0 Å². The van der Waals surface area contributed by atoms with Crippen molar-refractivity contribution in [2.75, 3.05) is 20.3 Å². The van der Waals surface area contributed by atoms with Crippen molar-refractivity contribution in [1.82, 2.24) is 24.5 Å². The summed E-state index contributed by atoms with van der Waals surface area (Å²) in [5.74, 6) is -0.222. The lowest BCUT2D eigenvalue weighted by Gasteiger charge is -2.36. The molecule has 0 saturated heterocycles. The highest BCUT2D eigenvalue weighted by molar-refractivity contribution is 5.82. The van der Waals surface area contributed by atoms with Gasteiger partial charge in [0.1, 0.15) is 28.4 Å². The minimum atomic E-state index is -0.857. The van der Waals surface area contributed by atoms with E-state index in [1.54, 1.807) is 12.1 Å². The first-order valence-electron chi connectivity index (χ1n) is 19.5. The molecule has 0 spiro atoms. The first-order valence-corrected chi connectivity index (χ1v) is 19.5. The van der Waals surface area contributed by atoms with Crippen molar-refractivity contribution in [3.8, 4) is 39.4 Å². The largest absolute Gasteiger partial charge is 0.494 e. The fourth-order valence-corrected chi connectivity index (χ4v) is 7.48. The monoisotopic (exact) mass is 783 g/mol. The van der Waals surface area contributed by atoms with Gasteiger partial charge in [0.15, 0.2) is 0 Å². The van der Waals surface area contributed by atoms with Crippen molar-refractivity contribution in [3.63, 3.8) is 0 Å². The summed E-state index contributed by atoms with van der Waals surface area (Å²) in [5, 5.41) is 8.22. The van der Waals surface area contributed by atoms with Crippen molar-refractivity contribution in [1.29, 1.82) is 0 Å². The number of ether oxygens (including phenoxy) is 2. The number of esters is 1. The summed E-state index contributed by atoms with van der Waals surface area (Å²) in [6.07, 6.45) is 6.79. The zero-order valence-corrected chi connectivity index (χ0v) is 32.5. The molecule has 3 heterocycles. The molecule has 294 valence electrons. The van der Waals surface area contributed by atoms with Gasteiger partial charge in [0.25, 0.3) is 0 Å². The molecule has 0 aliphatic rings. The third-order valence-electron chi connectivity index (χ3n) is 10.4. The molecule has 0 bridgehead atoms. The lowest BCUT2D eigenvalue weighted by Crippen LogP contribution is -2.38. The van der Waals surface area contributed by atoms with E-state index in [1.807, 2.05) is 60.8 Å². The van der Waals surface area contributed by atoms with Gasteiger partial charge in [-0.05, 0) is 83.8 Å². The van der Waals surface area contributed by atoms with Gasteiger partial charge in [-0.15, -0.1) is 0 Å². The molecule has 10 heteroatoms. The van der Waals surface area contributed by atoms with E-state index in [4.69, 9.17) is 14.8 Å². The molecule has 8 rings (SSSR count). The Bertz CT molecular complexity index is 2570. The average Bonchev–Trinajstić information content (AvgIpc) is 3.93. The summed E-state index contributed by atoms with van der Waals surface area (Å²) in [4.78, 5) is 28.0. The molecular formula is C49H42FN5O4. The Morgan fingerprint density at radius 3 is 1.90 bits per heavy atom. The van der Waals surface area contributed by atoms with Gasteiger partial charge in [-0.25, -0.2) is 9.37 Å². The van der Waals surface area contributed by atoms with Crippen LogP contribution in [0.15, 0.2) is 170 Å². The third kappa shape index (κ3) is 8.11. The Hall–Kier alpha value is -7.33. The van der Waals surface area contributed by atoms with Crippen LogP contribution in [-0.2, 0) is 19.9 Å². The van der Waals surface area contributed by atoms with E-state index in [1.165, 1.54) is 19.2 Å². The number of aromatic nitrogens is 4. The van der Waals surface area contributed by atoms with Gasteiger partial charge in [-0.1, -0.05) is 91.0 Å². The number of fused-ring (bicyclic) bond motifs is 1. The van der Waals surface area contributed by atoms with Crippen LogP contribution in [0, 0.1) is 5.82 Å². The number of nitrogens with zero attached hydrogens (tertiary/aromatic N) is 4. The number of pyridine rings is 1. The standard InChI is InChI=1S/C49H42FN5O4/c1-58-47(57)29-28-46(56)51-30-11-31-59-42-25-20-35(21-26-42)44-32-52-45-27-22-37(33-54(44)45)43-34-55(53-48(43)36-18-23-41(50)24-19-36)49(38-12-5-2-6-13-38,39-14-7-3-8-15-39)40-16-9-4-10-17-40/h2-10,12-27,32-34H,11,28-31H2,1H3,(H,51,56). The molecule has 0 saturated carbocycles. The molecule has 0 fully saturated rings. The molecule has 1 N–H and O–H groups in total. The molecule has 0 aliphatic heterocycles. The summed E-state index contributed by atoms with van der Waals surface area (Å²) >= 11 is 0. The van der Waals surface area contributed by atoms with Crippen LogP contribution in [0.3, 0.4) is 0 Å². The fraction of sp³-hybridized carbons (Fsp3) is 0.143. The SMILES string of the molecule is COC(=O)CCC(=O)NCCCOc1ccc(-c2cnc3ccc(-c4cn(C(c5ccccc5)(c5ccccc5)c5ccccc5)nc4-c4ccc(F)cc4)cn23)cc1. The van der Waals surface area contributed by atoms with Crippen LogP contribution in [0.25, 0.3) is 39.3 Å². The number of methoxy groups -OCH3 is 1. The Balaban J connectivity index is 1.14. The molecule has 8 aromatic rings. The van der Waals surface area contributed by atoms with Crippen LogP contribution in [0.4, 0.5) is 4.39 Å². The number of rotatable bonds is 15. The van der Waals surface area contributed by atoms with Crippen LogP contribution in [0.5, 0.6) is 5.75 Å². The third-order valence-corrected chi connectivity index (χ3v) is 10.4. The maximum atomic E-state index is 14.4. The molecule has 0 radical (unpaired) electrons.